The number of nitrogens with two attached hydrogens (primary N) is 1. The molecule has 13 heteroatoms. The van der Waals surface area contributed by atoms with E-state index in [0.29, 0.717) is 56.2 Å². The third kappa shape index (κ3) is 10.9. The number of hydrogen-bond donors (Lipinski definition) is 4. The topological polar surface area (TPSA) is 148 Å². The maximum absolute atomic E-state index is 13.5. The van der Waals surface area contributed by atoms with Crippen LogP contribution in [-0.4, -0.2) is 80.2 Å². The summed E-state index contributed by atoms with van der Waals surface area (Å²) in [6, 6.07) is 45.0. The molecule has 0 bridgehead atoms. The van der Waals surface area contributed by atoms with Crippen molar-refractivity contribution < 1.29 is 23.2 Å². The smallest absolute Gasteiger partial charge is 0.251 e. The standard InChI is InChI=1S/C52H63N5O6Si2/c1-51(2,50(62-64-3)63-65-4)44(42-24-26-45(47-43(42)25-27-46(58)56-47)61-35-37-14-8-5-9-15-37)33-54-32-36-20-22-38(23-21-36)48(59)55-29-31-57-30-28-41(34-57)52(49(53)60,39-16-10-6-11-17-39)40-18-12-7-13-19-40/h5-27,41,44,50,54H,28-35,64-65H2,1-4H3,(H2,53,60)(H,55,59)(H,56,58)/t41-,44-/m1/s1. The van der Waals surface area contributed by atoms with Crippen molar-refractivity contribution in [2.75, 3.05) is 32.7 Å². The molecule has 2 heterocycles. The maximum Gasteiger partial charge on any atom is 0.251 e. The number of benzene rings is 5. The number of nitrogens with one attached hydrogen (secondary N) is 3. The summed E-state index contributed by atoms with van der Waals surface area (Å²) in [5.41, 5.74) is 10.9. The van der Waals surface area contributed by atoms with Crippen LogP contribution in [-0.2, 0) is 32.2 Å². The molecular formula is C52H63N5O6Si2. The van der Waals surface area contributed by atoms with Crippen LogP contribution in [0.1, 0.15) is 64.4 Å². The molecule has 1 aliphatic heterocycles. The number of H-pyrrole nitrogens is 1. The van der Waals surface area contributed by atoms with Gasteiger partial charge >= 0.3 is 0 Å². The minimum absolute atomic E-state index is 0.0164. The Morgan fingerprint density at radius 2 is 1.45 bits per heavy atom. The van der Waals surface area contributed by atoms with Crippen molar-refractivity contribution in [3.05, 3.63) is 183 Å². The molecule has 340 valence electrons. The summed E-state index contributed by atoms with van der Waals surface area (Å²) < 4.78 is 19.1. The fourth-order valence-electron chi connectivity index (χ4n) is 9.61. The predicted molar refractivity (Wildman–Crippen MR) is 265 cm³/mol. The molecule has 5 aromatic carbocycles. The number of nitrogens with zero attached hydrogens (tertiary/aromatic N) is 1. The fraction of sp³-hybridized carbons (Fsp3) is 0.327. The largest absolute Gasteiger partial charge is 0.487 e. The van der Waals surface area contributed by atoms with Crippen molar-refractivity contribution >= 4 is 42.2 Å². The van der Waals surface area contributed by atoms with Gasteiger partial charge in [0.05, 0.1) is 5.52 Å². The highest BCUT2D eigenvalue weighted by Crippen LogP contribution is 2.45. The summed E-state index contributed by atoms with van der Waals surface area (Å²) in [5, 5.41) is 7.73. The first kappa shape index (κ1) is 47.3. The van der Waals surface area contributed by atoms with Crippen LogP contribution in [0, 0.1) is 11.3 Å². The van der Waals surface area contributed by atoms with Crippen molar-refractivity contribution in [3.63, 3.8) is 0 Å². The van der Waals surface area contributed by atoms with Crippen LogP contribution in [0.5, 0.6) is 5.75 Å². The number of carbonyl (C=O) groups is 2. The van der Waals surface area contributed by atoms with Gasteiger partial charge in [0.15, 0.2) is 19.5 Å². The van der Waals surface area contributed by atoms with E-state index in [2.05, 4.69) is 53.5 Å². The third-order valence-electron chi connectivity index (χ3n) is 13.0. The molecule has 65 heavy (non-hydrogen) atoms. The molecular weight excluding hydrogens is 847 g/mol. The Morgan fingerprint density at radius 3 is 2.06 bits per heavy atom. The quantitative estimate of drug-likeness (QED) is 0.0469. The number of ether oxygens (including phenoxy) is 1. The van der Waals surface area contributed by atoms with Gasteiger partial charge in [-0.25, -0.2) is 0 Å². The van der Waals surface area contributed by atoms with Gasteiger partial charge in [0.25, 0.3) is 5.91 Å². The summed E-state index contributed by atoms with van der Waals surface area (Å²) in [6.45, 7) is 12.8. The summed E-state index contributed by atoms with van der Waals surface area (Å²) in [4.78, 5) is 44.9. The van der Waals surface area contributed by atoms with Gasteiger partial charge in [0.2, 0.25) is 11.5 Å². The van der Waals surface area contributed by atoms with Crippen LogP contribution in [0.3, 0.4) is 0 Å². The second kappa shape index (κ2) is 22.0. The van der Waals surface area contributed by atoms with Gasteiger partial charge in [0, 0.05) is 61.1 Å². The SMILES string of the molecule is C[SiH2]OC(O[SiH2]C)C(C)(C)[C@H](CNCc1ccc(C(=O)NCCN2CC[C@@H](C(C(N)=O)(c3ccccc3)c3ccccc3)C2)cc1)c1ccc(OCc2ccccc2)c2[nH]c(=O)ccc12. The lowest BCUT2D eigenvalue weighted by Gasteiger charge is -2.41. The first-order valence-electron chi connectivity index (χ1n) is 22.8. The van der Waals surface area contributed by atoms with E-state index in [1.165, 1.54) is 0 Å². The highest BCUT2D eigenvalue weighted by Gasteiger charge is 2.49. The van der Waals surface area contributed by atoms with E-state index in [0.717, 1.165) is 46.2 Å². The molecule has 2 amide bonds. The minimum Gasteiger partial charge on any atom is -0.487 e. The Kier molecular flexibility index (Phi) is 16.0. The lowest BCUT2D eigenvalue weighted by atomic mass is 9.64. The minimum atomic E-state index is -0.952. The van der Waals surface area contributed by atoms with Crippen LogP contribution in [0.2, 0.25) is 13.1 Å². The van der Waals surface area contributed by atoms with Crippen LogP contribution in [0.15, 0.2) is 144 Å². The zero-order valence-electron chi connectivity index (χ0n) is 38.1. The summed E-state index contributed by atoms with van der Waals surface area (Å²) in [6.07, 6.45) is 0.441. The number of fused-ring (bicyclic) bond motifs is 1. The molecule has 5 N–H and O–H groups in total. The van der Waals surface area contributed by atoms with Crippen molar-refractivity contribution in [1.82, 2.24) is 20.5 Å². The first-order valence-corrected chi connectivity index (χ1v) is 26.8. The molecule has 0 unspecified atom stereocenters. The van der Waals surface area contributed by atoms with Crippen LogP contribution >= 0.6 is 0 Å². The molecule has 11 nitrogen and oxygen atoms in total. The van der Waals surface area contributed by atoms with E-state index >= 15 is 0 Å². The Hall–Kier alpha value is -5.68. The van der Waals surface area contributed by atoms with Gasteiger partial charge in [-0.15, -0.1) is 0 Å². The van der Waals surface area contributed by atoms with Gasteiger partial charge < -0.3 is 39.8 Å². The van der Waals surface area contributed by atoms with E-state index in [4.69, 9.17) is 19.3 Å². The van der Waals surface area contributed by atoms with Gasteiger partial charge in [-0.1, -0.05) is 136 Å². The molecule has 0 radical (unpaired) electrons. The van der Waals surface area contributed by atoms with Crippen molar-refractivity contribution in [1.29, 1.82) is 0 Å². The Bertz CT molecular complexity index is 2500. The Morgan fingerprint density at radius 1 is 0.815 bits per heavy atom. The van der Waals surface area contributed by atoms with Crippen LogP contribution in [0.25, 0.3) is 10.9 Å². The zero-order chi connectivity index (χ0) is 45.8. The van der Waals surface area contributed by atoms with Gasteiger partial charge in [-0.05, 0) is 71.0 Å². The van der Waals surface area contributed by atoms with E-state index in [9.17, 15) is 14.4 Å². The van der Waals surface area contributed by atoms with Crippen molar-refractivity contribution in [2.45, 2.75) is 64.1 Å². The summed E-state index contributed by atoms with van der Waals surface area (Å²) in [7, 11) is -1.56. The van der Waals surface area contributed by atoms with Crippen molar-refractivity contribution in [2.24, 2.45) is 17.1 Å². The second-order valence-corrected chi connectivity index (χ2v) is 19.3. The number of amides is 2. The number of rotatable bonds is 22. The Labute approximate surface area is 387 Å². The fourth-order valence-corrected chi connectivity index (χ4v) is 11.5. The number of pyridine rings is 1. The van der Waals surface area contributed by atoms with Gasteiger partial charge in [0.1, 0.15) is 24.1 Å². The second-order valence-electron chi connectivity index (χ2n) is 17.4. The first-order chi connectivity index (χ1) is 31.6. The van der Waals surface area contributed by atoms with E-state index in [1.807, 2.05) is 127 Å². The summed E-state index contributed by atoms with van der Waals surface area (Å²) >= 11 is 0. The number of aromatic amines is 1. The number of carbonyl (C=O) groups excluding carboxylic acids is 2. The van der Waals surface area contributed by atoms with Crippen LogP contribution in [0.4, 0.5) is 0 Å². The average Bonchev–Trinajstić information content (AvgIpc) is 3.79. The molecule has 6 aromatic rings. The zero-order valence-corrected chi connectivity index (χ0v) is 40.9. The Balaban J connectivity index is 0.996. The van der Waals surface area contributed by atoms with E-state index < -0.39 is 30.4 Å². The number of hydrogen-bond acceptors (Lipinski definition) is 8. The van der Waals surface area contributed by atoms with Crippen LogP contribution < -0.4 is 26.7 Å². The molecule has 1 aromatic heterocycles. The molecule has 1 saturated heterocycles. The summed E-state index contributed by atoms with van der Waals surface area (Å²) in [5.74, 6) is 0.0405. The highest BCUT2D eigenvalue weighted by atomic mass is 28.2. The number of aromatic nitrogens is 1. The van der Waals surface area contributed by atoms with E-state index in [1.54, 1.807) is 6.07 Å². The third-order valence-corrected chi connectivity index (χ3v) is 14.3. The molecule has 0 saturated carbocycles. The lowest BCUT2D eigenvalue weighted by molar-refractivity contribution is -0.123. The lowest BCUT2D eigenvalue weighted by Crippen LogP contribution is -2.49. The molecule has 0 aliphatic carbocycles. The normalized spacial score (nSPS) is 15.8. The maximum atomic E-state index is 13.5. The number of primary amides is 1. The monoisotopic (exact) mass is 909 g/mol. The molecule has 1 fully saturated rings. The highest BCUT2D eigenvalue weighted by molar-refractivity contribution is 6.26. The van der Waals surface area contributed by atoms with Gasteiger partial charge in [-0.2, -0.15) is 0 Å². The molecule has 0 spiro atoms. The van der Waals surface area contributed by atoms with Gasteiger partial charge in [-0.3, -0.25) is 14.4 Å². The number of likely N-dealkylation sites (tertiary alicyclic amines) is 1. The molecule has 1 aliphatic rings. The van der Waals surface area contributed by atoms with Crippen molar-refractivity contribution in [3.8, 4) is 5.75 Å². The predicted octanol–water partition coefficient (Wildman–Crippen LogP) is 6.15. The van der Waals surface area contributed by atoms with E-state index in [-0.39, 0.29) is 35.5 Å². The molecule has 7 rings (SSSR count). The average molecular weight is 910 g/mol. The molecule has 2 atom stereocenters.